The number of carbonyl (C=O) groups excluding carboxylic acids is 1. The first-order valence-electron chi connectivity index (χ1n) is 4.66. The van der Waals surface area contributed by atoms with Gasteiger partial charge in [0.1, 0.15) is 0 Å². The topological polar surface area (TPSA) is 77.0 Å². The van der Waals surface area contributed by atoms with Crippen LogP contribution < -0.4 is 5.73 Å². The molecule has 0 spiro atoms. The van der Waals surface area contributed by atoms with Gasteiger partial charge in [-0.1, -0.05) is 0 Å². The minimum atomic E-state index is 0.184. The molecule has 2 rings (SSSR count). The van der Waals surface area contributed by atoms with Gasteiger partial charge < -0.3 is 10.6 Å². The summed E-state index contributed by atoms with van der Waals surface area (Å²) in [5.74, 6) is 0.726. The molecule has 1 saturated heterocycles. The largest absolute Gasteiger partial charge is 0.366 e. The number of likely N-dealkylation sites (tertiary alicyclic amines) is 1. The summed E-state index contributed by atoms with van der Waals surface area (Å²) in [6, 6.07) is 0. The van der Waals surface area contributed by atoms with Gasteiger partial charge in [-0.2, -0.15) is 4.98 Å². The SMILES string of the molecule is CN1CC(Cn2nc(N)nc2Br)CC1=O. The van der Waals surface area contributed by atoms with Crippen LogP contribution in [-0.2, 0) is 11.3 Å². The Hall–Kier alpha value is -1.11. The maximum absolute atomic E-state index is 11.3. The second-order valence-corrected chi connectivity index (χ2v) is 4.47. The summed E-state index contributed by atoms with van der Waals surface area (Å²) in [5, 5.41) is 4.03. The summed E-state index contributed by atoms with van der Waals surface area (Å²) >= 11 is 3.27. The highest BCUT2D eigenvalue weighted by atomic mass is 79.9. The van der Waals surface area contributed by atoms with Crippen LogP contribution in [0, 0.1) is 5.92 Å². The van der Waals surface area contributed by atoms with Crippen LogP contribution in [0.4, 0.5) is 5.95 Å². The number of carbonyl (C=O) groups is 1. The highest BCUT2D eigenvalue weighted by molar-refractivity contribution is 9.10. The van der Waals surface area contributed by atoms with Gasteiger partial charge in [0.25, 0.3) is 0 Å². The number of nitrogens with two attached hydrogens (primary N) is 1. The second-order valence-electron chi connectivity index (χ2n) is 3.77. The van der Waals surface area contributed by atoms with Gasteiger partial charge in [0, 0.05) is 32.5 Å². The summed E-state index contributed by atoms with van der Waals surface area (Å²) in [6.45, 7) is 1.44. The number of hydrogen-bond donors (Lipinski definition) is 1. The lowest BCUT2D eigenvalue weighted by atomic mass is 10.1. The Morgan fingerprint density at radius 3 is 2.87 bits per heavy atom. The van der Waals surface area contributed by atoms with Crippen molar-refractivity contribution in [1.82, 2.24) is 19.7 Å². The van der Waals surface area contributed by atoms with Gasteiger partial charge >= 0.3 is 0 Å². The number of amides is 1. The molecule has 0 aliphatic carbocycles. The van der Waals surface area contributed by atoms with Crippen LogP contribution in [0.1, 0.15) is 6.42 Å². The van der Waals surface area contributed by atoms with Gasteiger partial charge in [-0.05, 0) is 15.9 Å². The van der Waals surface area contributed by atoms with Gasteiger partial charge in [-0.3, -0.25) is 4.79 Å². The Morgan fingerprint density at radius 2 is 2.40 bits per heavy atom. The highest BCUT2D eigenvalue weighted by Crippen LogP contribution is 2.19. The minimum absolute atomic E-state index is 0.184. The Balaban J connectivity index is 2.04. The molecular weight excluding hydrogens is 262 g/mol. The van der Waals surface area contributed by atoms with E-state index < -0.39 is 0 Å². The standard InChI is InChI=1S/C8H12BrN5O/c1-13-3-5(2-6(13)15)4-14-7(9)11-8(10)12-14/h5H,2-4H2,1H3,(H2,10,12). The van der Waals surface area contributed by atoms with Crippen molar-refractivity contribution in [2.75, 3.05) is 19.3 Å². The molecule has 15 heavy (non-hydrogen) atoms. The Bertz CT molecular complexity index is 390. The molecule has 1 aliphatic rings. The summed E-state index contributed by atoms with van der Waals surface area (Å²) in [7, 11) is 1.81. The predicted octanol–water partition coefficient (Wildman–Crippen LogP) is 0.101. The predicted molar refractivity (Wildman–Crippen MR) is 57.9 cm³/mol. The zero-order valence-electron chi connectivity index (χ0n) is 8.35. The van der Waals surface area contributed by atoms with Crippen LogP contribution in [0.5, 0.6) is 0 Å². The first kappa shape index (κ1) is 10.4. The van der Waals surface area contributed by atoms with E-state index in [0.29, 0.717) is 23.6 Å². The molecule has 1 unspecified atom stereocenters. The van der Waals surface area contributed by atoms with Gasteiger partial charge in [-0.25, -0.2) is 4.68 Å². The fourth-order valence-corrected chi connectivity index (χ4v) is 2.18. The molecule has 82 valence electrons. The van der Waals surface area contributed by atoms with E-state index in [9.17, 15) is 4.79 Å². The number of rotatable bonds is 2. The summed E-state index contributed by atoms with van der Waals surface area (Å²) in [5.41, 5.74) is 5.46. The van der Waals surface area contributed by atoms with E-state index in [1.165, 1.54) is 0 Å². The molecule has 1 aromatic heterocycles. The van der Waals surface area contributed by atoms with Crippen LogP contribution in [-0.4, -0.2) is 39.2 Å². The third-order valence-corrected chi connectivity index (χ3v) is 3.08. The highest BCUT2D eigenvalue weighted by Gasteiger charge is 2.27. The van der Waals surface area contributed by atoms with E-state index in [0.717, 1.165) is 6.54 Å². The second kappa shape index (κ2) is 3.80. The molecule has 1 fully saturated rings. The van der Waals surface area contributed by atoms with E-state index in [-0.39, 0.29) is 11.9 Å². The van der Waals surface area contributed by atoms with Gasteiger partial charge in [0.2, 0.25) is 11.9 Å². The lowest BCUT2D eigenvalue weighted by Gasteiger charge is -2.10. The Kier molecular flexibility index (Phi) is 2.64. The first-order valence-corrected chi connectivity index (χ1v) is 5.45. The van der Waals surface area contributed by atoms with Crippen LogP contribution in [0.2, 0.25) is 0 Å². The molecule has 1 aliphatic heterocycles. The zero-order valence-corrected chi connectivity index (χ0v) is 9.94. The van der Waals surface area contributed by atoms with E-state index in [4.69, 9.17) is 5.73 Å². The third-order valence-electron chi connectivity index (χ3n) is 2.50. The van der Waals surface area contributed by atoms with Crippen LogP contribution in [0.25, 0.3) is 0 Å². The number of anilines is 1. The molecular formula is C8H12BrN5O. The van der Waals surface area contributed by atoms with E-state index in [2.05, 4.69) is 26.0 Å². The van der Waals surface area contributed by atoms with Gasteiger partial charge in [-0.15, -0.1) is 5.10 Å². The molecule has 0 aromatic carbocycles. The average molecular weight is 274 g/mol. The normalized spacial score (nSPS) is 21.3. The first-order chi connectivity index (χ1) is 7.06. The number of nitrogens with zero attached hydrogens (tertiary/aromatic N) is 4. The molecule has 6 nitrogen and oxygen atoms in total. The fourth-order valence-electron chi connectivity index (χ4n) is 1.78. The van der Waals surface area contributed by atoms with Crippen molar-refractivity contribution in [3.63, 3.8) is 0 Å². The molecule has 0 bridgehead atoms. The van der Waals surface area contributed by atoms with E-state index in [1.54, 1.807) is 9.58 Å². The van der Waals surface area contributed by atoms with Gasteiger partial charge in [0.05, 0.1) is 0 Å². The number of hydrogen-bond acceptors (Lipinski definition) is 4. The summed E-state index contributed by atoms with van der Waals surface area (Å²) < 4.78 is 2.30. The van der Waals surface area contributed by atoms with Crippen molar-refractivity contribution in [3.8, 4) is 0 Å². The van der Waals surface area contributed by atoms with E-state index in [1.807, 2.05) is 7.05 Å². The van der Waals surface area contributed by atoms with E-state index >= 15 is 0 Å². The smallest absolute Gasteiger partial charge is 0.240 e. The van der Waals surface area contributed by atoms with Crippen LogP contribution in [0.15, 0.2) is 4.73 Å². The van der Waals surface area contributed by atoms with Crippen LogP contribution >= 0.6 is 15.9 Å². The molecule has 7 heteroatoms. The summed E-state index contributed by atoms with van der Waals surface area (Å²) in [6.07, 6.45) is 0.572. The fraction of sp³-hybridized carbons (Fsp3) is 0.625. The maximum Gasteiger partial charge on any atom is 0.240 e. The average Bonchev–Trinajstić information content (AvgIpc) is 2.59. The Labute approximate surface area is 95.6 Å². The molecule has 0 saturated carbocycles. The quantitative estimate of drug-likeness (QED) is 0.829. The maximum atomic E-state index is 11.3. The summed E-state index contributed by atoms with van der Waals surface area (Å²) in [4.78, 5) is 17.0. The molecule has 1 amide bonds. The van der Waals surface area contributed by atoms with Crippen LogP contribution in [0.3, 0.4) is 0 Å². The van der Waals surface area contributed by atoms with Crippen molar-refractivity contribution in [3.05, 3.63) is 4.73 Å². The Morgan fingerprint density at radius 1 is 1.67 bits per heavy atom. The lowest BCUT2D eigenvalue weighted by Crippen LogP contribution is -2.20. The van der Waals surface area contributed by atoms with Crippen molar-refractivity contribution < 1.29 is 4.79 Å². The van der Waals surface area contributed by atoms with Crippen molar-refractivity contribution in [2.45, 2.75) is 13.0 Å². The molecule has 2 N–H and O–H groups in total. The van der Waals surface area contributed by atoms with Gasteiger partial charge in [0.15, 0.2) is 4.73 Å². The molecule has 1 atom stereocenters. The number of aromatic nitrogens is 3. The van der Waals surface area contributed by atoms with Crippen molar-refractivity contribution in [1.29, 1.82) is 0 Å². The lowest BCUT2D eigenvalue weighted by molar-refractivity contribution is -0.126. The van der Waals surface area contributed by atoms with Crippen molar-refractivity contribution >= 4 is 27.8 Å². The zero-order chi connectivity index (χ0) is 11.0. The molecule has 1 aromatic rings. The third kappa shape index (κ3) is 2.11. The minimum Gasteiger partial charge on any atom is -0.366 e. The molecule has 0 radical (unpaired) electrons. The van der Waals surface area contributed by atoms with Crippen molar-refractivity contribution in [2.24, 2.45) is 5.92 Å². The molecule has 2 heterocycles. The number of nitrogen functional groups attached to an aromatic ring is 1. The number of halogens is 1. The monoisotopic (exact) mass is 273 g/mol.